The Balaban J connectivity index is 1.29. The fourth-order valence-electron chi connectivity index (χ4n) is 3.79. The van der Waals surface area contributed by atoms with Crippen LogP contribution < -0.4 is 10.2 Å². The number of rotatable bonds is 5. The minimum absolute atomic E-state index is 0.0344. The number of ether oxygens (including phenoxy) is 1. The van der Waals surface area contributed by atoms with Crippen LogP contribution in [0.25, 0.3) is 0 Å². The molecule has 3 atom stereocenters. The molecule has 6 nitrogen and oxygen atoms in total. The topological polar surface area (TPSA) is 67.3 Å². The number of hydrogen-bond acceptors (Lipinski definition) is 6. The Hall–Kier alpha value is -1.99. The highest BCUT2D eigenvalue weighted by Gasteiger charge is 2.41. The van der Waals surface area contributed by atoms with Crippen LogP contribution in [-0.2, 0) is 16.1 Å². The summed E-state index contributed by atoms with van der Waals surface area (Å²) < 4.78 is 5.97. The fourth-order valence-corrected chi connectivity index (χ4v) is 4.43. The number of nitrogens with one attached hydrogen (secondary N) is 1. The molecule has 132 valence electrons. The van der Waals surface area contributed by atoms with E-state index in [1.807, 2.05) is 23.6 Å². The van der Waals surface area contributed by atoms with Gasteiger partial charge in [0.25, 0.3) is 0 Å². The van der Waals surface area contributed by atoms with E-state index in [9.17, 15) is 4.79 Å². The van der Waals surface area contributed by atoms with Crippen molar-refractivity contribution in [1.29, 1.82) is 0 Å². The second kappa shape index (κ2) is 7.49. The SMILES string of the molecule is O=C(C[C@@H]1OC[C@@H]2CN(c3ncccn3)CC[C@@H]21)NCc1cccs1. The van der Waals surface area contributed by atoms with Crippen LogP contribution in [0, 0.1) is 11.8 Å². The molecule has 2 aromatic rings. The number of amides is 1. The summed E-state index contributed by atoms with van der Waals surface area (Å²) in [7, 11) is 0. The summed E-state index contributed by atoms with van der Waals surface area (Å²) in [5.74, 6) is 1.77. The van der Waals surface area contributed by atoms with Crippen molar-refractivity contribution in [3.8, 4) is 0 Å². The number of aromatic nitrogens is 2. The Labute approximate surface area is 151 Å². The van der Waals surface area contributed by atoms with Crippen LogP contribution in [0.3, 0.4) is 0 Å². The number of nitrogens with zero attached hydrogens (tertiary/aromatic N) is 3. The van der Waals surface area contributed by atoms with Gasteiger partial charge in [-0.25, -0.2) is 9.97 Å². The van der Waals surface area contributed by atoms with Gasteiger partial charge < -0.3 is 15.0 Å². The highest BCUT2D eigenvalue weighted by molar-refractivity contribution is 7.09. The quantitative estimate of drug-likeness (QED) is 0.886. The summed E-state index contributed by atoms with van der Waals surface area (Å²) in [6.45, 7) is 3.15. The third kappa shape index (κ3) is 3.82. The Morgan fingerprint density at radius 1 is 1.36 bits per heavy atom. The predicted molar refractivity (Wildman–Crippen MR) is 96.4 cm³/mol. The Morgan fingerprint density at radius 2 is 2.24 bits per heavy atom. The monoisotopic (exact) mass is 358 g/mol. The van der Waals surface area contributed by atoms with Gasteiger partial charge in [-0.05, 0) is 29.9 Å². The van der Waals surface area contributed by atoms with Gasteiger partial charge in [0, 0.05) is 36.3 Å². The van der Waals surface area contributed by atoms with Gasteiger partial charge in [-0.2, -0.15) is 0 Å². The minimum atomic E-state index is 0.0344. The summed E-state index contributed by atoms with van der Waals surface area (Å²) in [6, 6.07) is 5.87. The van der Waals surface area contributed by atoms with E-state index in [0.29, 0.717) is 24.8 Å². The molecule has 2 aromatic heterocycles. The molecule has 0 radical (unpaired) electrons. The number of carbonyl (C=O) groups is 1. The summed E-state index contributed by atoms with van der Waals surface area (Å²) in [5.41, 5.74) is 0. The zero-order valence-corrected chi connectivity index (χ0v) is 14.8. The number of piperidine rings is 1. The van der Waals surface area contributed by atoms with E-state index in [2.05, 4.69) is 20.2 Å². The summed E-state index contributed by atoms with van der Waals surface area (Å²) >= 11 is 1.66. The lowest BCUT2D eigenvalue weighted by Gasteiger charge is -2.35. The first-order chi connectivity index (χ1) is 12.3. The Kier molecular flexibility index (Phi) is 4.94. The van der Waals surface area contributed by atoms with Crippen molar-refractivity contribution in [2.45, 2.75) is 25.5 Å². The average Bonchev–Trinajstić information content (AvgIpc) is 3.30. The summed E-state index contributed by atoms with van der Waals surface area (Å²) in [6.07, 6.45) is 5.06. The number of carbonyl (C=O) groups excluding carboxylic acids is 1. The molecular formula is C18H22N4O2S. The van der Waals surface area contributed by atoms with E-state index >= 15 is 0 Å². The molecule has 1 N–H and O–H groups in total. The lowest BCUT2D eigenvalue weighted by molar-refractivity contribution is -0.123. The normalized spacial score (nSPS) is 25.6. The number of fused-ring (bicyclic) bond motifs is 1. The molecule has 0 saturated carbocycles. The van der Waals surface area contributed by atoms with Gasteiger partial charge in [0.15, 0.2) is 0 Å². The standard InChI is InChI=1S/C18H22N4O2S/c23-17(21-10-14-3-1-8-25-14)9-16-15-4-7-22(11-13(15)12-24-16)18-19-5-2-6-20-18/h1-3,5-6,8,13,15-16H,4,7,9-12H2,(H,21,23)/t13-,15-,16-/m0/s1. The van der Waals surface area contributed by atoms with Crippen molar-refractivity contribution in [1.82, 2.24) is 15.3 Å². The lowest BCUT2D eigenvalue weighted by Crippen LogP contribution is -2.43. The van der Waals surface area contributed by atoms with Crippen molar-refractivity contribution in [3.63, 3.8) is 0 Å². The van der Waals surface area contributed by atoms with Gasteiger partial charge in [0.05, 0.1) is 25.7 Å². The van der Waals surface area contributed by atoms with E-state index in [-0.39, 0.29) is 12.0 Å². The van der Waals surface area contributed by atoms with Crippen LogP contribution in [0.1, 0.15) is 17.7 Å². The van der Waals surface area contributed by atoms with Crippen LogP contribution in [0.15, 0.2) is 36.0 Å². The molecule has 0 unspecified atom stereocenters. The van der Waals surface area contributed by atoms with Crippen LogP contribution in [0.2, 0.25) is 0 Å². The lowest BCUT2D eigenvalue weighted by atomic mass is 9.83. The van der Waals surface area contributed by atoms with Crippen LogP contribution in [0.4, 0.5) is 5.95 Å². The molecule has 4 rings (SSSR count). The van der Waals surface area contributed by atoms with Crippen molar-refractivity contribution in [2.24, 2.45) is 11.8 Å². The largest absolute Gasteiger partial charge is 0.377 e. The molecule has 0 spiro atoms. The van der Waals surface area contributed by atoms with Crippen molar-refractivity contribution in [3.05, 3.63) is 40.8 Å². The van der Waals surface area contributed by atoms with E-state index in [4.69, 9.17) is 4.74 Å². The maximum atomic E-state index is 12.2. The molecule has 2 aliphatic rings. The molecule has 25 heavy (non-hydrogen) atoms. The maximum Gasteiger partial charge on any atom is 0.225 e. The van der Waals surface area contributed by atoms with Gasteiger partial charge in [-0.15, -0.1) is 11.3 Å². The van der Waals surface area contributed by atoms with Crippen molar-refractivity contribution < 1.29 is 9.53 Å². The fraction of sp³-hybridized carbons (Fsp3) is 0.500. The minimum Gasteiger partial charge on any atom is -0.377 e. The van der Waals surface area contributed by atoms with E-state index < -0.39 is 0 Å². The smallest absolute Gasteiger partial charge is 0.225 e. The molecule has 4 heterocycles. The highest BCUT2D eigenvalue weighted by Crippen LogP contribution is 2.36. The first-order valence-electron chi connectivity index (χ1n) is 8.72. The molecule has 2 saturated heterocycles. The zero-order valence-electron chi connectivity index (χ0n) is 14.0. The van der Waals surface area contributed by atoms with E-state index in [1.54, 1.807) is 23.7 Å². The highest BCUT2D eigenvalue weighted by atomic mass is 32.1. The molecule has 2 fully saturated rings. The first-order valence-corrected chi connectivity index (χ1v) is 9.60. The van der Waals surface area contributed by atoms with Crippen LogP contribution in [-0.4, -0.2) is 41.7 Å². The first kappa shape index (κ1) is 16.5. The third-order valence-electron chi connectivity index (χ3n) is 5.06. The Morgan fingerprint density at radius 3 is 3.04 bits per heavy atom. The molecule has 0 aromatic carbocycles. The predicted octanol–water partition coefficient (Wildman–Crippen LogP) is 2.09. The second-order valence-corrected chi connectivity index (χ2v) is 7.67. The van der Waals surface area contributed by atoms with E-state index in [1.165, 1.54) is 4.88 Å². The van der Waals surface area contributed by atoms with E-state index in [0.717, 1.165) is 32.1 Å². The Bertz CT molecular complexity index is 694. The van der Waals surface area contributed by atoms with Gasteiger partial charge in [0.1, 0.15) is 0 Å². The molecular weight excluding hydrogens is 336 g/mol. The molecule has 2 aliphatic heterocycles. The van der Waals surface area contributed by atoms with Gasteiger partial charge >= 0.3 is 0 Å². The molecule has 0 bridgehead atoms. The number of thiophene rings is 1. The third-order valence-corrected chi connectivity index (χ3v) is 5.93. The molecule has 1 amide bonds. The number of anilines is 1. The van der Waals surface area contributed by atoms with Crippen LogP contribution in [0.5, 0.6) is 0 Å². The summed E-state index contributed by atoms with van der Waals surface area (Å²) in [5, 5.41) is 5.03. The van der Waals surface area contributed by atoms with Gasteiger partial charge in [-0.1, -0.05) is 6.07 Å². The molecule has 0 aliphatic carbocycles. The molecule has 7 heteroatoms. The van der Waals surface area contributed by atoms with Crippen LogP contribution >= 0.6 is 11.3 Å². The summed E-state index contributed by atoms with van der Waals surface area (Å²) in [4.78, 5) is 24.3. The van der Waals surface area contributed by atoms with Gasteiger partial charge in [0.2, 0.25) is 11.9 Å². The van der Waals surface area contributed by atoms with Crippen molar-refractivity contribution >= 4 is 23.2 Å². The van der Waals surface area contributed by atoms with Gasteiger partial charge in [-0.3, -0.25) is 4.79 Å². The zero-order chi connectivity index (χ0) is 17.1. The maximum absolute atomic E-state index is 12.2. The average molecular weight is 358 g/mol. The number of hydrogen-bond donors (Lipinski definition) is 1. The van der Waals surface area contributed by atoms with Crippen molar-refractivity contribution in [2.75, 3.05) is 24.6 Å². The second-order valence-electron chi connectivity index (χ2n) is 6.64.